The molecular formula is C16H30N2O. The number of oxazole rings is 1. The van der Waals surface area contributed by atoms with Gasteiger partial charge in [-0.1, -0.05) is 41.5 Å². The quantitative estimate of drug-likeness (QED) is 0.815. The minimum Gasteiger partial charge on any atom is -0.446 e. The number of hydrogen-bond donors (Lipinski definition) is 1. The molecule has 0 aromatic carbocycles. The highest BCUT2D eigenvalue weighted by Gasteiger charge is 2.17. The van der Waals surface area contributed by atoms with E-state index in [4.69, 9.17) is 4.42 Å². The minimum atomic E-state index is 0.378. The fourth-order valence-corrected chi connectivity index (χ4v) is 2.49. The number of nitrogens with zero attached hydrogens (tertiary/aromatic N) is 1. The van der Waals surface area contributed by atoms with Crippen LogP contribution in [0.1, 0.15) is 59.6 Å². The summed E-state index contributed by atoms with van der Waals surface area (Å²) in [6.07, 6.45) is 4.95. The van der Waals surface area contributed by atoms with Crippen LogP contribution >= 0.6 is 0 Å². The molecule has 3 nitrogen and oxygen atoms in total. The summed E-state index contributed by atoms with van der Waals surface area (Å²) in [6.45, 7) is 14.4. The Balaban J connectivity index is 2.38. The van der Waals surface area contributed by atoms with Gasteiger partial charge in [0.2, 0.25) is 0 Å². The van der Waals surface area contributed by atoms with Gasteiger partial charge in [-0.05, 0) is 17.8 Å². The van der Waals surface area contributed by atoms with Gasteiger partial charge in [0.05, 0.1) is 6.20 Å². The second kappa shape index (κ2) is 7.09. The summed E-state index contributed by atoms with van der Waals surface area (Å²) in [6, 6.07) is 0.515. The van der Waals surface area contributed by atoms with E-state index in [9.17, 15) is 0 Å². The molecule has 0 aliphatic carbocycles. The van der Waals surface area contributed by atoms with Gasteiger partial charge in [0.25, 0.3) is 0 Å². The van der Waals surface area contributed by atoms with Crippen molar-refractivity contribution in [2.24, 2.45) is 11.3 Å². The number of nitrogens with one attached hydrogen (secondary N) is 1. The lowest BCUT2D eigenvalue weighted by atomic mass is 9.84. The molecule has 1 N–H and O–H groups in total. The lowest BCUT2D eigenvalue weighted by Gasteiger charge is -2.22. The van der Waals surface area contributed by atoms with E-state index in [2.05, 4.69) is 51.8 Å². The van der Waals surface area contributed by atoms with Crippen LogP contribution in [0.3, 0.4) is 0 Å². The normalized spacial score (nSPS) is 14.1. The highest BCUT2D eigenvalue weighted by molar-refractivity contribution is 4.96. The molecule has 0 spiro atoms. The molecule has 110 valence electrons. The Labute approximate surface area is 118 Å². The van der Waals surface area contributed by atoms with Gasteiger partial charge in [-0.2, -0.15) is 0 Å². The maximum Gasteiger partial charge on any atom is 0.195 e. The molecule has 3 heteroatoms. The van der Waals surface area contributed by atoms with Crippen LogP contribution in [0.25, 0.3) is 0 Å². The summed E-state index contributed by atoms with van der Waals surface area (Å²) in [4.78, 5) is 4.36. The van der Waals surface area contributed by atoms with Crippen LogP contribution < -0.4 is 5.32 Å². The summed E-state index contributed by atoms with van der Waals surface area (Å²) < 4.78 is 5.80. The molecule has 0 saturated heterocycles. The summed E-state index contributed by atoms with van der Waals surface area (Å²) in [5, 5.41) is 3.38. The molecule has 0 amide bonds. The van der Waals surface area contributed by atoms with Crippen molar-refractivity contribution in [2.75, 3.05) is 6.54 Å². The Morgan fingerprint density at radius 1 is 1.26 bits per heavy atom. The van der Waals surface area contributed by atoms with Crippen molar-refractivity contribution in [1.29, 1.82) is 0 Å². The summed E-state index contributed by atoms with van der Waals surface area (Å²) in [5.41, 5.74) is 0.378. The van der Waals surface area contributed by atoms with Crippen molar-refractivity contribution in [3.63, 3.8) is 0 Å². The molecule has 1 heterocycles. The highest BCUT2D eigenvalue weighted by Crippen LogP contribution is 2.26. The molecule has 0 bridgehead atoms. The first-order chi connectivity index (χ1) is 8.76. The average molecular weight is 266 g/mol. The zero-order valence-electron chi connectivity index (χ0n) is 13.4. The molecule has 1 rings (SSSR count). The maximum absolute atomic E-state index is 5.80. The monoisotopic (exact) mass is 266 g/mol. The predicted octanol–water partition coefficient (Wildman–Crippen LogP) is 3.83. The smallest absolute Gasteiger partial charge is 0.195 e. The second-order valence-corrected chi connectivity index (χ2v) is 7.15. The summed E-state index contributed by atoms with van der Waals surface area (Å²) in [7, 11) is 0. The molecule has 0 radical (unpaired) electrons. The van der Waals surface area contributed by atoms with Gasteiger partial charge in [-0.25, -0.2) is 4.98 Å². The van der Waals surface area contributed by atoms with Gasteiger partial charge >= 0.3 is 0 Å². The SMILES string of the molecule is CC(Cc1cnc(CCNC(C)C)o1)CC(C)(C)C. The van der Waals surface area contributed by atoms with Crippen molar-refractivity contribution >= 4 is 0 Å². The first-order valence-electron chi connectivity index (χ1n) is 7.43. The fraction of sp³-hybridized carbons (Fsp3) is 0.812. The van der Waals surface area contributed by atoms with Crippen LogP contribution in [-0.2, 0) is 12.8 Å². The van der Waals surface area contributed by atoms with Crippen LogP contribution in [0.4, 0.5) is 0 Å². The van der Waals surface area contributed by atoms with Gasteiger partial charge in [0, 0.05) is 25.4 Å². The fourth-order valence-electron chi connectivity index (χ4n) is 2.49. The predicted molar refractivity (Wildman–Crippen MR) is 80.3 cm³/mol. The van der Waals surface area contributed by atoms with Crippen molar-refractivity contribution < 1.29 is 4.42 Å². The van der Waals surface area contributed by atoms with Crippen molar-refractivity contribution in [3.8, 4) is 0 Å². The Hall–Kier alpha value is -0.830. The van der Waals surface area contributed by atoms with Gasteiger partial charge < -0.3 is 9.73 Å². The van der Waals surface area contributed by atoms with Gasteiger partial charge in [0.1, 0.15) is 5.76 Å². The van der Waals surface area contributed by atoms with E-state index in [0.717, 1.165) is 31.0 Å². The van der Waals surface area contributed by atoms with Crippen LogP contribution in [-0.4, -0.2) is 17.6 Å². The molecule has 1 aromatic heterocycles. The highest BCUT2D eigenvalue weighted by atomic mass is 16.4. The molecule has 1 unspecified atom stereocenters. The van der Waals surface area contributed by atoms with Crippen molar-refractivity contribution in [1.82, 2.24) is 10.3 Å². The number of aromatic nitrogens is 1. The Morgan fingerprint density at radius 3 is 2.53 bits per heavy atom. The molecule has 1 atom stereocenters. The van der Waals surface area contributed by atoms with E-state index in [0.29, 0.717) is 17.4 Å². The summed E-state index contributed by atoms with van der Waals surface area (Å²) in [5.74, 6) is 2.51. The van der Waals surface area contributed by atoms with E-state index >= 15 is 0 Å². The third kappa shape index (κ3) is 7.36. The van der Waals surface area contributed by atoms with Crippen molar-refractivity contribution in [3.05, 3.63) is 17.8 Å². The Morgan fingerprint density at radius 2 is 1.95 bits per heavy atom. The number of hydrogen-bond acceptors (Lipinski definition) is 3. The second-order valence-electron chi connectivity index (χ2n) is 7.15. The zero-order valence-corrected chi connectivity index (χ0v) is 13.4. The zero-order chi connectivity index (χ0) is 14.5. The van der Waals surface area contributed by atoms with E-state index in [1.54, 1.807) is 0 Å². The third-order valence-corrected chi connectivity index (χ3v) is 3.00. The molecule has 0 fully saturated rings. The first-order valence-corrected chi connectivity index (χ1v) is 7.43. The molecule has 19 heavy (non-hydrogen) atoms. The van der Waals surface area contributed by atoms with E-state index in [-0.39, 0.29) is 0 Å². The Kier molecular flexibility index (Phi) is 6.05. The molecular weight excluding hydrogens is 236 g/mol. The summed E-state index contributed by atoms with van der Waals surface area (Å²) >= 11 is 0. The standard InChI is InChI=1S/C16H30N2O/c1-12(2)17-8-7-15-18-11-14(19-15)9-13(3)10-16(4,5)6/h11-13,17H,7-10H2,1-6H3. The van der Waals surface area contributed by atoms with Crippen LogP contribution in [0, 0.1) is 11.3 Å². The first kappa shape index (κ1) is 16.2. The molecule has 0 aliphatic rings. The maximum atomic E-state index is 5.80. The van der Waals surface area contributed by atoms with Gasteiger partial charge in [-0.3, -0.25) is 0 Å². The largest absolute Gasteiger partial charge is 0.446 e. The molecule has 0 aliphatic heterocycles. The van der Waals surface area contributed by atoms with Crippen LogP contribution in [0.2, 0.25) is 0 Å². The van der Waals surface area contributed by atoms with E-state index in [1.807, 2.05) is 6.20 Å². The lowest BCUT2D eigenvalue weighted by Crippen LogP contribution is -2.24. The number of rotatable bonds is 7. The average Bonchev–Trinajstić information content (AvgIpc) is 2.61. The van der Waals surface area contributed by atoms with E-state index < -0.39 is 0 Å². The van der Waals surface area contributed by atoms with Gasteiger partial charge in [-0.15, -0.1) is 0 Å². The topological polar surface area (TPSA) is 38.1 Å². The van der Waals surface area contributed by atoms with Crippen molar-refractivity contribution in [2.45, 2.75) is 66.8 Å². The molecule has 1 aromatic rings. The van der Waals surface area contributed by atoms with Crippen LogP contribution in [0.5, 0.6) is 0 Å². The molecule has 0 saturated carbocycles. The van der Waals surface area contributed by atoms with Crippen LogP contribution in [0.15, 0.2) is 10.6 Å². The Bertz CT molecular complexity index is 363. The van der Waals surface area contributed by atoms with E-state index in [1.165, 1.54) is 6.42 Å². The lowest BCUT2D eigenvalue weighted by molar-refractivity contribution is 0.294. The third-order valence-electron chi connectivity index (χ3n) is 3.00. The minimum absolute atomic E-state index is 0.378. The van der Waals surface area contributed by atoms with Gasteiger partial charge in [0.15, 0.2) is 5.89 Å².